The van der Waals surface area contributed by atoms with Gasteiger partial charge in [-0.15, -0.1) is 0 Å². The molecule has 0 spiro atoms. The molecule has 0 radical (unpaired) electrons. The van der Waals surface area contributed by atoms with Gasteiger partial charge in [-0.25, -0.2) is 4.79 Å². The van der Waals surface area contributed by atoms with E-state index in [4.69, 9.17) is 0 Å². The fraction of sp³-hybridized carbons (Fsp3) is 0.833. The third-order valence-corrected chi connectivity index (χ3v) is 2.28. The van der Waals surface area contributed by atoms with E-state index < -0.39 is 11.9 Å². The van der Waals surface area contributed by atoms with Crippen LogP contribution >= 0.6 is 0 Å². The summed E-state index contributed by atoms with van der Waals surface area (Å²) in [6.07, 6.45) is 6.98. The Kier molecular flexibility index (Phi) is 9.76. The van der Waals surface area contributed by atoms with Gasteiger partial charge in [0.05, 0.1) is 6.61 Å². The third kappa shape index (κ3) is 8.26. The Morgan fingerprint density at radius 2 is 1.62 bits per heavy atom. The molecule has 0 aromatic rings. The molecule has 4 heteroatoms. The first-order valence-corrected chi connectivity index (χ1v) is 6.17. The molecule has 0 aliphatic heterocycles. The standard InChI is InChI=1S/C12H23NO3/c1-3-5-6-7-8-9-10-13-11(14)12(15)16-4-2/h3-10H2,1-2H3,(H,13,14). The summed E-state index contributed by atoms with van der Waals surface area (Å²) in [6, 6.07) is 0. The number of hydrogen-bond acceptors (Lipinski definition) is 3. The molecule has 1 amide bonds. The van der Waals surface area contributed by atoms with Crippen molar-refractivity contribution in [1.29, 1.82) is 0 Å². The van der Waals surface area contributed by atoms with Crippen molar-refractivity contribution < 1.29 is 14.3 Å². The Morgan fingerprint density at radius 1 is 1.00 bits per heavy atom. The Balaban J connectivity index is 3.31. The maximum Gasteiger partial charge on any atom is 0.396 e. The number of nitrogens with one attached hydrogen (secondary N) is 1. The largest absolute Gasteiger partial charge is 0.459 e. The molecule has 0 heterocycles. The van der Waals surface area contributed by atoms with E-state index in [0.717, 1.165) is 12.8 Å². The van der Waals surface area contributed by atoms with Crippen LogP contribution < -0.4 is 5.32 Å². The van der Waals surface area contributed by atoms with Gasteiger partial charge in [-0.2, -0.15) is 0 Å². The van der Waals surface area contributed by atoms with Crippen molar-refractivity contribution in [2.24, 2.45) is 0 Å². The van der Waals surface area contributed by atoms with E-state index in [2.05, 4.69) is 17.0 Å². The predicted octanol–water partition coefficient (Wildman–Crippen LogP) is 2.03. The topological polar surface area (TPSA) is 55.4 Å². The maximum absolute atomic E-state index is 11.1. The zero-order valence-corrected chi connectivity index (χ0v) is 10.4. The van der Waals surface area contributed by atoms with Gasteiger partial charge in [0.1, 0.15) is 0 Å². The monoisotopic (exact) mass is 229 g/mol. The lowest BCUT2D eigenvalue weighted by Crippen LogP contribution is -2.33. The first-order chi connectivity index (χ1) is 7.72. The summed E-state index contributed by atoms with van der Waals surface area (Å²) in [7, 11) is 0. The van der Waals surface area contributed by atoms with Crippen molar-refractivity contribution in [3.8, 4) is 0 Å². The summed E-state index contributed by atoms with van der Waals surface area (Å²) < 4.78 is 4.56. The number of unbranched alkanes of at least 4 members (excludes halogenated alkanes) is 5. The summed E-state index contributed by atoms with van der Waals surface area (Å²) in [4.78, 5) is 22.0. The van der Waals surface area contributed by atoms with Gasteiger partial charge in [0, 0.05) is 6.54 Å². The Labute approximate surface area is 97.7 Å². The van der Waals surface area contributed by atoms with Crippen molar-refractivity contribution in [2.75, 3.05) is 13.2 Å². The van der Waals surface area contributed by atoms with Crippen LogP contribution in [0.25, 0.3) is 0 Å². The van der Waals surface area contributed by atoms with Crippen LogP contribution in [-0.2, 0) is 14.3 Å². The molecule has 0 aliphatic rings. The van der Waals surface area contributed by atoms with Gasteiger partial charge in [-0.1, -0.05) is 39.0 Å². The summed E-state index contributed by atoms with van der Waals surface area (Å²) in [5.41, 5.74) is 0. The van der Waals surface area contributed by atoms with Gasteiger partial charge in [0.25, 0.3) is 0 Å². The molecule has 0 unspecified atom stereocenters. The normalized spacial score (nSPS) is 9.88. The van der Waals surface area contributed by atoms with E-state index in [0.29, 0.717) is 6.54 Å². The lowest BCUT2D eigenvalue weighted by Gasteiger charge is -2.04. The van der Waals surface area contributed by atoms with Gasteiger partial charge in [0.2, 0.25) is 0 Å². The fourth-order valence-corrected chi connectivity index (χ4v) is 1.38. The number of esters is 1. The Bertz CT molecular complexity index is 204. The molecule has 0 bridgehead atoms. The van der Waals surface area contributed by atoms with E-state index in [9.17, 15) is 9.59 Å². The third-order valence-electron chi connectivity index (χ3n) is 2.28. The van der Waals surface area contributed by atoms with Crippen molar-refractivity contribution >= 4 is 11.9 Å². The van der Waals surface area contributed by atoms with E-state index in [1.54, 1.807) is 6.92 Å². The Morgan fingerprint density at radius 3 is 2.25 bits per heavy atom. The number of hydrogen-bond donors (Lipinski definition) is 1. The van der Waals surface area contributed by atoms with Crippen LogP contribution in [0.5, 0.6) is 0 Å². The zero-order chi connectivity index (χ0) is 12.2. The van der Waals surface area contributed by atoms with Crippen LogP contribution in [-0.4, -0.2) is 25.0 Å². The van der Waals surface area contributed by atoms with E-state index in [1.807, 2.05) is 0 Å². The first kappa shape index (κ1) is 14.9. The molecule has 0 aromatic heterocycles. The number of carbonyl (C=O) groups excluding carboxylic acids is 2. The molecule has 4 nitrogen and oxygen atoms in total. The fourth-order valence-electron chi connectivity index (χ4n) is 1.38. The molecular weight excluding hydrogens is 206 g/mol. The van der Waals surface area contributed by atoms with E-state index >= 15 is 0 Å². The van der Waals surface area contributed by atoms with Gasteiger partial charge in [-0.3, -0.25) is 4.79 Å². The second kappa shape index (κ2) is 10.5. The molecule has 0 saturated heterocycles. The highest BCUT2D eigenvalue weighted by Gasteiger charge is 2.12. The van der Waals surface area contributed by atoms with E-state index in [1.165, 1.54) is 25.7 Å². The summed E-state index contributed by atoms with van der Waals surface area (Å²) in [6.45, 7) is 4.66. The molecule has 0 saturated carbocycles. The molecule has 0 rings (SSSR count). The molecule has 0 aromatic carbocycles. The van der Waals surface area contributed by atoms with Crippen molar-refractivity contribution in [1.82, 2.24) is 5.32 Å². The predicted molar refractivity (Wildman–Crippen MR) is 63.0 cm³/mol. The average Bonchev–Trinajstić information content (AvgIpc) is 2.28. The Hall–Kier alpha value is -1.06. The van der Waals surface area contributed by atoms with Gasteiger partial charge in [-0.05, 0) is 13.3 Å². The van der Waals surface area contributed by atoms with Gasteiger partial charge < -0.3 is 10.1 Å². The minimum atomic E-state index is -0.784. The van der Waals surface area contributed by atoms with Crippen LogP contribution in [0.4, 0.5) is 0 Å². The van der Waals surface area contributed by atoms with Crippen LogP contribution in [0.1, 0.15) is 52.4 Å². The van der Waals surface area contributed by atoms with Gasteiger partial charge >= 0.3 is 11.9 Å². The van der Waals surface area contributed by atoms with Crippen molar-refractivity contribution in [3.05, 3.63) is 0 Å². The van der Waals surface area contributed by atoms with E-state index in [-0.39, 0.29) is 6.61 Å². The minimum absolute atomic E-state index is 0.239. The van der Waals surface area contributed by atoms with Gasteiger partial charge in [0.15, 0.2) is 0 Å². The molecule has 16 heavy (non-hydrogen) atoms. The minimum Gasteiger partial charge on any atom is -0.459 e. The zero-order valence-electron chi connectivity index (χ0n) is 10.4. The SMILES string of the molecule is CCCCCCCCNC(=O)C(=O)OCC. The molecule has 0 aliphatic carbocycles. The van der Waals surface area contributed by atoms with Crippen LogP contribution in [0.15, 0.2) is 0 Å². The highest BCUT2D eigenvalue weighted by atomic mass is 16.5. The maximum atomic E-state index is 11.1. The number of ether oxygens (including phenoxy) is 1. The van der Waals surface area contributed by atoms with Crippen LogP contribution in [0.3, 0.4) is 0 Å². The average molecular weight is 229 g/mol. The smallest absolute Gasteiger partial charge is 0.396 e. The quantitative estimate of drug-likeness (QED) is 0.393. The second-order valence-electron chi connectivity index (χ2n) is 3.74. The lowest BCUT2D eigenvalue weighted by molar-refractivity contribution is -0.154. The van der Waals surface area contributed by atoms with Crippen molar-refractivity contribution in [3.63, 3.8) is 0 Å². The molecular formula is C12H23NO3. The summed E-state index contributed by atoms with van der Waals surface area (Å²) >= 11 is 0. The van der Waals surface area contributed by atoms with Crippen LogP contribution in [0, 0.1) is 0 Å². The molecule has 0 atom stereocenters. The first-order valence-electron chi connectivity index (χ1n) is 6.17. The second-order valence-corrected chi connectivity index (χ2v) is 3.74. The van der Waals surface area contributed by atoms with Crippen LogP contribution in [0.2, 0.25) is 0 Å². The summed E-state index contributed by atoms with van der Waals surface area (Å²) in [5, 5.41) is 2.54. The highest BCUT2D eigenvalue weighted by Crippen LogP contribution is 2.03. The lowest BCUT2D eigenvalue weighted by atomic mass is 10.1. The number of amides is 1. The molecule has 1 N–H and O–H groups in total. The summed E-state index contributed by atoms with van der Waals surface area (Å²) in [5.74, 6) is -1.41. The molecule has 94 valence electrons. The highest BCUT2D eigenvalue weighted by molar-refractivity contribution is 6.32. The van der Waals surface area contributed by atoms with Crippen molar-refractivity contribution in [2.45, 2.75) is 52.4 Å². The number of carbonyl (C=O) groups is 2. The number of rotatable bonds is 8. The molecule has 0 fully saturated rings.